The summed E-state index contributed by atoms with van der Waals surface area (Å²) in [6, 6.07) is 6.77. The van der Waals surface area contributed by atoms with Gasteiger partial charge < -0.3 is 14.7 Å². The summed E-state index contributed by atoms with van der Waals surface area (Å²) in [6.45, 7) is 0.894. The molecule has 0 atom stereocenters. The molecule has 1 aliphatic heterocycles. The predicted molar refractivity (Wildman–Crippen MR) is 108 cm³/mol. The molecule has 1 aromatic rings. The van der Waals surface area contributed by atoms with Crippen LogP contribution in [0.15, 0.2) is 24.3 Å². The lowest BCUT2D eigenvalue weighted by Gasteiger charge is -2.46. The van der Waals surface area contributed by atoms with Crippen LogP contribution in [0.2, 0.25) is 0 Å². The third kappa shape index (κ3) is 5.11. The summed E-state index contributed by atoms with van der Waals surface area (Å²) in [7, 11) is -4.09. The largest absolute Gasteiger partial charge is 0.494 e. The van der Waals surface area contributed by atoms with E-state index >= 15 is 0 Å². The van der Waals surface area contributed by atoms with E-state index in [1.807, 2.05) is 4.90 Å². The van der Waals surface area contributed by atoms with Gasteiger partial charge in [0.15, 0.2) is 4.75 Å². The topological polar surface area (TPSA) is 119 Å². The number of alkyl halides is 3. The molecular formula is C19H26F3N3O6S. The van der Waals surface area contributed by atoms with E-state index in [2.05, 4.69) is 0 Å². The number of hydroxylamine groups is 1. The van der Waals surface area contributed by atoms with Crippen molar-refractivity contribution >= 4 is 21.6 Å². The standard InChI is InChI=1S/C19H26F3N3O6S/c20-19(21,22)6-1-11-31-16-4-2-14(3-5-16)24-7-9-25(10-8-24)32(29,30)18(17(27)23-28)12-15(26)13-18/h2-5,15,26,28H,1,6-13H2,(H,23,27). The van der Waals surface area contributed by atoms with E-state index < -0.39 is 39.4 Å². The fourth-order valence-corrected chi connectivity index (χ4v) is 6.19. The number of piperazine rings is 1. The van der Waals surface area contributed by atoms with Gasteiger partial charge in [0.05, 0.1) is 12.7 Å². The molecule has 3 N–H and O–H groups in total. The van der Waals surface area contributed by atoms with Crippen molar-refractivity contribution in [2.75, 3.05) is 37.7 Å². The Balaban J connectivity index is 1.55. The minimum absolute atomic E-state index is 0.0484. The van der Waals surface area contributed by atoms with Crippen molar-refractivity contribution in [2.45, 2.75) is 42.7 Å². The molecule has 1 aromatic carbocycles. The van der Waals surface area contributed by atoms with E-state index in [9.17, 15) is 31.5 Å². The molecule has 2 fully saturated rings. The molecule has 1 aliphatic carbocycles. The Morgan fingerprint density at radius 3 is 2.25 bits per heavy atom. The monoisotopic (exact) mass is 481 g/mol. The van der Waals surface area contributed by atoms with Gasteiger partial charge >= 0.3 is 6.18 Å². The molecule has 0 spiro atoms. The van der Waals surface area contributed by atoms with Gasteiger partial charge in [-0.1, -0.05) is 0 Å². The first-order valence-electron chi connectivity index (χ1n) is 10.2. The molecule has 3 rings (SSSR count). The number of ether oxygens (including phenoxy) is 1. The number of carbonyl (C=O) groups excluding carboxylic acids is 1. The van der Waals surface area contributed by atoms with Crippen molar-refractivity contribution in [3.8, 4) is 5.75 Å². The highest BCUT2D eigenvalue weighted by molar-refractivity contribution is 7.91. The number of nitrogens with zero attached hydrogens (tertiary/aromatic N) is 2. The number of aliphatic hydroxyl groups excluding tert-OH is 1. The van der Waals surface area contributed by atoms with Crippen LogP contribution in [-0.2, 0) is 14.8 Å². The third-order valence-electron chi connectivity index (χ3n) is 5.79. The van der Waals surface area contributed by atoms with Gasteiger partial charge in [0.25, 0.3) is 5.91 Å². The van der Waals surface area contributed by atoms with Crippen LogP contribution in [0.3, 0.4) is 0 Å². The molecule has 1 saturated heterocycles. The van der Waals surface area contributed by atoms with Crippen LogP contribution in [0.1, 0.15) is 25.7 Å². The minimum Gasteiger partial charge on any atom is -0.494 e. The van der Waals surface area contributed by atoms with Gasteiger partial charge in [0.1, 0.15) is 5.75 Å². The maximum absolute atomic E-state index is 13.0. The molecule has 0 aromatic heterocycles. The Morgan fingerprint density at radius 2 is 1.75 bits per heavy atom. The van der Waals surface area contributed by atoms with Gasteiger partial charge in [0, 0.05) is 51.1 Å². The summed E-state index contributed by atoms with van der Waals surface area (Å²) >= 11 is 0. The zero-order chi connectivity index (χ0) is 23.6. The van der Waals surface area contributed by atoms with Gasteiger partial charge in [-0.05, 0) is 30.7 Å². The number of hydrogen-bond donors (Lipinski definition) is 3. The molecule has 180 valence electrons. The van der Waals surface area contributed by atoms with Crippen LogP contribution in [0.25, 0.3) is 0 Å². The maximum Gasteiger partial charge on any atom is 0.389 e. The van der Waals surface area contributed by atoms with Crippen LogP contribution in [0, 0.1) is 0 Å². The second kappa shape index (κ2) is 9.41. The zero-order valence-electron chi connectivity index (χ0n) is 17.2. The van der Waals surface area contributed by atoms with Crippen LogP contribution in [-0.4, -0.2) is 78.8 Å². The number of anilines is 1. The zero-order valence-corrected chi connectivity index (χ0v) is 18.0. The Hall–Kier alpha value is -2.09. The lowest BCUT2D eigenvalue weighted by molar-refractivity contribution is -0.138. The van der Waals surface area contributed by atoms with Crippen LogP contribution >= 0.6 is 0 Å². The second-order valence-electron chi connectivity index (χ2n) is 7.95. The Kier molecular flexibility index (Phi) is 7.22. The highest BCUT2D eigenvalue weighted by Crippen LogP contribution is 2.42. The van der Waals surface area contributed by atoms with Crippen molar-refractivity contribution in [3.63, 3.8) is 0 Å². The summed E-state index contributed by atoms with van der Waals surface area (Å²) in [5, 5.41) is 18.6. The minimum atomic E-state index is -4.21. The fourth-order valence-electron chi connectivity index (χ4n) is 3.97. The molecule has 9 nitrogen and oxygen atoms in total. The van der Waals surface area contributed by atoms with E-state index in [-0.39, 0.29) is 39.0 Å². The highest BCUT2D eigenvalue weighted by atomic mass is 32.2. The van der Waals surface area contributed by atoms with Crippen molar-refractivity contribution in [3.05, 3.63) is 24.3 Å². The second-order valence-corrected chi connectivity index (χ2v) is 10.2. The summed E-state index contributed by atoms with van der Waals surface area (Å²) in [6.07, 6.45) is -6.70. The molecule has 1 amide bonds. The van der Waals surface area contributed by atoms with Crippen LogP contribution < -0.4 is 15.1 Å². The summed E-state index contributed by atoms with van der Waals surface area (Å²) in [4.78, 5) is 14.0. The molecule has 32 heavy (non-hydrogen) atoms. The van der Waals surface area contributed by atoms with Crippen LogP contribution in [0.5, 0.6) is 5.75 Å². The number of aliphatic hydroxyl groups is 1. The number of amides is 1. The summed E-state index contributed by atoms with van der Waals surface area (Å²) < 4.78 is 67.2. The van der Waals surface area contributed by atoms with Gasteiger partial charge in [-0.2, -0.15) is 17.5 Å². The number of hydrogen-bond acceptors (Lipinski definition) is 7. The molecular weight excluding hydrogens is 455 g/mol. The molecule has 13 heteroatoms. The van der Waals surface area contributed by atoms with E-state index in [0.29, 0.717) is 18.8 Å². The van der Waals surface area contributed by atoms with Gasteiger partial charge in [-0.3, -0.25) is 10.0 Å². The number of carbonyl (C=O) groups is 1. The van der Waals surface area contributed by atoms with Crippen molar-refractivity contribution in [1.82, 2.24) is 9.79 Å². The first kappa shape index (κ1) is 24.6. The molecule has 1 heterocycles. The first-order valence-corrected chi connectivity index (χ1v) is 11.6. The number of benzene rings is 1. The molecule has 0 unspecified atom stereocenters. The molecule has 0 radical (unpaired) electrons. The van der Waals surface area contributed by atoms with Gasteiger partial charge in [-0.25, -0.2) is 13.9 Å². The van der Waals surface area contributed by atoms with Crippen molar-refractivity contribution in [1.29, 1.82) is 0 Å². The Labute approximate surface area is 183 Å². The Morgan fingerprint density at radius 1 is 1.16 bits per heavy atom. The van der Waals surface area contributed by atoms with E-state index in [1.54, 1.807) is 24.3 Å². The number of nitrogens with one attached hydrogen (secondary N) is 1. The summed E-state index contributed by atoms with van der Waals surface area (Å²) in [5.74, 6) is -0.603. The molecule has 0 bridgehead atoms. The van der Waals surface area contributed by atoms with Gasteiger partial charge in [0.2, 0.25) is 10.0 Å². The predicted octanol–water partition coefficient (Wildman–Crippen LogP) is 1.26. The first-order chi connectivity index (χ1) is 15.0. The SMILES string of the molecule is O=C(NO)C1(S(=O)(=O)N2CCN(c3ccc(OCCCC(F)(F)F)cc3)CC2)CC(O)C1. The quantitative estimate of drug-likeness (QED) is 0.291. The smallest absolute Gasteiger partial charge is 0.389 e. The van der Waals surface area contributed by atoms with E-state index in [1.165, 1.54) is 9.79 Å². The lowest BCUT2D eigenvalue weighted by Crippen LogP contribution is -2.66. The molecule has 1 saturated carbocycles. The van der Waals surface area contributed by atoms with Crippen molar-refractivity contribution < 1.29 is 41.4 Å². The average Bonchev–Trinajstić information content (AvgIpc) is 2.73. The third-order valence-corrected chi connectivity index (χ3v) is 8.34. The van der Waals surface area contributed by atoms with Crippen molar-refractivity contribution in [2.24, 2.45) is 0 Å². The van der Waals surface area contributed by atoms with Crippen LogP contribution in [0.4, 0.5) is 18.9 Å². The normalized spacial score (nSPS) is 24.7. The molecule has 2 aliphatic rings. The van der Waals surface area contributed by atoms with Gasteiger partial charge in [-0.15, -0.1) is 0 Å². The maximum atomic E-state index is 13.0. The number of rotatable bonds is 8. The highest BCUT2D eigenvalue weighted by Gasteiger charge is 2.61. The number of halogens is 3. The average molecular weight is 481 g/mol. The van der Waals surface area contributed by atoms with E-state index in [4.69, 9.17) is 9.94 Å². The summed E-state index contributed by atoms with van der Waals surface area (Å²) in [5.41, 5.74) is 2.20. The van der Waals surface area contributed by atoms with E-state index in [0.717, 1.165) is 5.69 Å². The number of sulfonamides is 1. The fraction of sp³-hybridized carbons (Fsp3) is 0.632. The lowest BCUT2D eigenvalue weighted by atomic mass is 9.81. The Bertz CT molecular complexity index is 896.